The summed E-state index contributed by atoms with van der Waals surface area (Å²) in [6, 6.07) is 5.27. The number of halogens is 5. The summed E-state index contributed by atoms with van der Waals surface area (Å²) in [6.45, 7) is 2.18. The van der Waals surface area contributed by atoms with Gasteiger partial charge in [-0.1, -0.05) is 12.1 Å². The maximum absolute atomic E-state index is 13.8. The highest BCUT2D eigenvalue weighted by Crippen LogP contribution is 2.46. The monoisotopic (exact) mass is 429 g/mol. The third-order valence-corrected chi connectivity index (χ3v) is 6.37. The Morgan fingerprint density at radius 1 is 1.21 bits per heavy atom. The van der Waals surface area contributed by atoms with Crippen LogP contribution in [-0.2, 0) is 16.5 Å². The first kappa shape index (κ1) is 19.7. The second-order valence-electron chi connectivity index (χ2n) is 7.19. The van der Waals surface area contributed by atoms with Crippen molar-refractivity contribution in [2.24, 2.45) is 0 Å². The highest BCUT2D eigenvalue weighted by molar-refractivity contribution is 7.10. The van der Waals surface area contributed by atoms with Crippen LogP contribution in [0.5, 0.6) is 0 Å². The number of carbonyl (C=O) groups excluding carboxylic acids is 1. The van der Waals surface area contributed by atoms with Gasteiger partial charge in [-0.25, -0.2) is 4.39 Å². The molecule has 2 aliphatic heterocycles. The molecule has 3 heterocycles. The van der Waals surface area contributed by atoms with Crippen molar-refractivity contribution in [3.8, 4) is 0 Å². The lowest BCUT2D eigenvalue weighted by atomic mass is 9.76. The molecule has 4 nitrogen and oxygen atoms in total. The summed E-state index contributed by atoms with van der Waals surface area (Å²) in [4.78, 5) is 14.9. The van der Waals surface area contributed by atoms with Crippen molar-refractivity contribution in [3.05, 3.63) is 68.8 Å². The van der Waals surface area contributed by atoms with E-state index in [-0.39, 0.29) is 4.88 Å². The summed E-state index contributed by atoms with van der Waals surface area (Å²) in [5.41, 5.74) is -1.01. The van der Waals surface area contributed by atoms with Gasteiger partial charge in [-0.05, 0) is 30.7 Å². The van der Waals surface area contributed by atoms with Crippen molar-refractivity contribution in [1.82, 2.24) is 15.5 Å². The van der Waals surface area contributed by atoms with Gasteiger partial charge >= 0.3 is 6.18 Å². The zero-order valence-corrected chi connectivity index (χ0v) is 16.1. The molecule has 154 valence electrons. The van der Waals surface area contributed by atoms with Gasteiger partial charge in [-0.3, -0.25) is 9.69 Å². The molecular weight excluding hydrogens is 413 g/mol. The van der Waals surface area contributed by atoms with Gasteiger partial charge in [-0.15, -0.1) is 11.3 Å². The van der Waals surface area contributed by atoms with Crippen molar-refractivity contribution < 1.29 is 26.7 Å². The molecule has 0 bridgehead atoms. The molecule has 0 unspecified atom stereocenters. The van der Waals surface area contributed by atoms with Crippen LogP contribution in [0.1, 0.15) is 28.8 Å². The number of alkyl halides is 3. The lowest BCUT2D eigenvalue weighted by molar-refractivity contribution is -0.137. The molecule has 2 aliphatic rings. The van der Waals surface area contributed by atoms with Crippen molar-refractivity contribution in [1.29, 1.82) is 0 Å². The fourth-order valence-corrected chi connectivity index (χ4v) is 4.48. The van der Waals surface area contributed by atoms with Gasteiger partial charge in [0.15, 0.2) is 5.82 Å². The minimum atomic E-state index is -4.51. The molecule has 1 aromatic heterocycles. The van der Waals surface area contributed by atoms with E-state index in [1.54, 1.807) is 14.0 Å². The zero-order valence-electron chi connectivity index (χ0n) is 15.3. The highest BCUT2D eigenvalue weighted by Gasteiger charge is 2.50. The standard InChI is InChI=1S/C19H16F5N3OS/c1-18(13-7-11(20)15(21)29-13)14(9-3-5-10(6-4-9)19(22,23)24)17(28)27(2)16(26-18)12-8-25-12/h3-7,14,25-26H,8H2,1-2H3/b16-12-/t14-,18+/m0/s1. The Bertz CT molecular complexity index is 988. The molecule has 2 saturated heterocycles. The predicted molar refractivity (Wildman–Crippen MR) is 96.7 cm³/mol. The number of hydrogen-bond acceptors (Lipinski definition) is 4. The Balaban J connectivity index is 1.84. The molecule has 1 amide bonds. The van der Waals surface area contributed by atoms with Crippen LogP contribution in [0, 0.1) is 10.9 Å². The van der Waals surface area contributed by atoms with E-state index in [9.17, 15) is 26.7 Å². The average Bonchev–Trinajstić information content (AvgIpc) is 3.43. The minimum Gasteiger partial charge on any atom is -0.378 e. The van der Waals surface area contributed by atoms with Crippen LogP contribution >= 0.6 is 11.3 Å². The van der Waals surface area contributed by atoms with E-state index < -0.39 is 40.1 Å². The molecule has 4 rings (SSSR count). The summed E-state index contributed by atoms with van der Waals surface area (Å²) < 4.78 is 66.4. The third-order valence-electron chi connectivity index (χ3n) is 5.24. The van der Waals surface area contributed by atoms with E-state index in [0.29, 0.717) is 29.3 Å². The third kappa shape index (κ3) is 3.25. The number of rotatable bonds is 2. The quantitative estimate of drug-likeness (QED) is 0.563. The second-order valence-corrected chi connectivity index (χ2v) is 8.19. The molecule has 0 spiro atoms. The highest BCUT2D eigenvalue weighted by atomic mass is 32.1. The number of amides is 1. The largest absolute Gasteiger partial charge is 0.416 e. The average molecular weight is 429 g/mol. The van der Waals surface area contributed by atoms with Crippen molar-refractivity contribution in [2.75, 3.05) is 13.6 Å². The molecule has 0 aliphatic carbocycles. The Hall–Kier alpha value is -2.62. The SMILES string of the molecule is CN1C(=O)[C@H](c2ccc(C(F)(F)F)cc2)[C@@](C)(c2cc(F)c(F)s2)N/C1=C1\CN1. The van der Waals surface area contributed by atoms with E-state index in [2.05, 4.69) is 10.6 Å². The lowest BCUT2D eigenvalue weighted by Crippen LogP contribution is -2.58. The summed E-state index contributed by atoms with van der Waals surface area (Å²) in [5, 5.41) is 5.18. The normalized spacial score (nSPS) is 26.9. The fourth-order valence-electron chi connectivity index (χ4n) is 3.59. The molecule has 0 saturated carbocycles. The molecule has 2 N–H and O–H groups in total. The Morgan fingerprint density at radius 3 is 2.31 bits per heavy atom. The van der Waals surface area contributed by atoms with Crippen LogP contribution in [0.4, 0.5) is 22.0 Å². The number of thiophene rings is 1. The van der Waals surface area contributed by atoms with E-state index in [1.165, 1.54) is 17.0 Å². The van der Waals surface area contributed by atoms with Gasteiger partial charge in [0.1, 0.15) is 5.82 Å². The first-order valence-corrected chi connectivity index (χ1v) is 9.49. The van der Waals surface area contributed by atoms with Crippen LogP contribution in [-0.4, -0.2) is 24.4 Å². The first-order valence-electron chi connectivity index (χ1n) is 8.67. The van der Waals surface area contributed by atoms with Crippen molar-refractivity contribution in [3.63, 3.8) is 0 Å². The Morgan fingerprint density at radius 2 is 1.83 bits per heavy atom. The molecule has 1 aromatic carbocycles. The molecule has 2 fully saturated rings. The second kappa shape index (κ2) is 6.45. The summed E-state index contributed by atoms with van der Waals surface area (Å²) in [6.07, 6.45) is -4.51. The maximum Gasteiger partial charge on any atom is 0.416 e. The fraction of sp³-hybridized carbons (Fsp3) is 0.316. The molecule has 0 radical (unpaired) electrons. The number of carbonyl (C=O) groups is 1. The molecule has 2 aromatic rings. The van der Waals surface area contributed by atoms with Crippen LogP contribution < -0.4 is 10.6 Å². The van der Waals surface area contributed by atoms with Crippen molar-refractivity contribution in [2.45, 2.75) is 24.6 Å². The van der Waals surface area contributed by atoms with Gasteiger partial charge in [0.25, 0.3) is 0 Å². The van der Waals surface area contributed by atoms with Crippen LogP contribution in [0.2, 0.25) is 0 Å². The van der Waals surface area contributed by atoms with E-state index in [0.717, 1.165) is 23.9 Å². The molecule has 29 heavy (non-hydrogen) atoms. The van der Waals surface area contributed by atoms with Gasteiger partial charge in [-0.2, -0.15) is 17.6 Å². The summed E-state index contributed by atoms with van der Waals surface area (Å²) in [5.74, 6) is -1.94. The van der Waals surface area contributed by atoms with E-state index in [4.69, 9.17) is 0 Å². The number of likely N-dealkylation sites (N-methyl/N-ethyl adjacent to an activating group) is 1. The van der Waals surface area contributed by atoms with Gasteiger partial charge in [0.05, 0.1) is 29.3 Å². The number of nitrogens with zero attached hydrogens (tertiary/aromatic N) is 1. The summed E-state index contributed by atoms with van der Waals surface area (Å²) in [7, 11) is 1.55. The smallest absolute Gasteiger partial charge is 0.378 e. The number of hydrogen-bond donors (Lipinski definition) is 2. The van der Waals surface area contributed by atoms with Crippen LogP contribution in [0.3, 0.4) is 0 Å². The lowest BCUT2D eigenvalue weighted by Gasteiger charge is -2.46. The maximum atomic E-state index is 13.8. The number of nitrogens with one attached hydrogen (secondary N) is 2. The van der Waals surface area contributed by atoms with E-state index >= 15 is 0 Å². The molecule has 2 atom stereocenters. The predicted octanol–water partition coefficient (Wildman–Crippen LogP) is 3.88. The Kier molecular flexibility index (Phi) is 4.38. The van der Waals surface area contributed by atoms with Crippen LogP contribution in [0.25, 0.3) is 0 Å². The first-order chi connectivity index (χ1) is 13.5. The topological polar surface area (TPSA) is 54.3 Å². The summed E-state index contributed by atoms with van der Waals surface area (Å²) >= 11 is 0.565. The van der Waals surface area contributed by atoms with Gasteiger partial charge < -0.3 is 10.6 Å². The zero-order chi connectivity index (χ0) is 21.1. The van der Waals surface area contributed by atoms with Crippen molar-refractivity contribution >= 4 is 17.2 Å². The van der Waals surface area contributed by atoms with Crippen LogP contribution in [0.15, 0.2) is 41.8 Å². The Labute approximate surface area is 167 Å². The molecule has 10 heteroatoms. The van der Waals surface area contributed by atoms with Gasteiger partial charge in [0, 0.05) is 11.9 Å². The minimum absolute atomic E-state index is 0.234. The van der Waals surface area contributed by atoms with Gasteiger partial charge in [0.2, 0.25) is 11.0 Å². The van der Waals surface area contributed by atoms with E-state index in [1.807, 2.05) is 0 Å². The molecular formula is C19H16F5N3OS. The number of benzene rings is 1.